The molecule has 0 spiro atoms. The zero-order valence-electron chi connectivity index (χ0n) is 21.5. The third kappa shape index (κ3) is 8.92. The quantitative estimate of drug-likeness (QED) is 0.183. The summed E-state index contributed by atoms with van der Waals surface area (Å²) in [6.07, 6.45) is 5.35. The third-order valence-corrected chi connectivity index (χ3v) is 6.38. The minimum atomic E-state index is -0.111. The zero-order valence-corrected chi connectivity index (χ0v) is 23.4. The van der Waals surface area contributed by atoms with Gasteiger partial charge in [0.25, 0.3) is 0 Å². The fraction of sp³-hybridized carbons (Fsp3) is 0.769. The lowest BCUT2D eigenvalue weighted by Crippen LogP contribution is -2.23. The fourth-order valence-electron chi connectivity index (χ4n) is 3.62. The summed E-state index contributed by atoms with van der Waals surface area (Å²) in [5.41, 5.74) is 2.08. The van der Waals surface area contributed by atoms with Crippen LogP contribution in [0.15, 0.2) is 6.07 Å². The highest BCUT2D eigenvalue weighted by Crippen LogP contribution is 2.49. The van der Waals surface area contributed by atoms with Gasteiger partial charge in [-0.2, -0.15) is 12.6 Å². The summed E-state index contributed by atoms with van der Waals surface area (Å²) in [5, 5.41) is 0.457. The van der Waals surface area contributed by atoms with E-state index in [0.29, 0.717) is 28.2 Å². The maximum Gasteiger partial charge on any atom is 0.310 e. The van der Waals surface area contributed by atoms with Crippen molar-refractivity contribution in [1.82, 2.24) is 0 Å². The summed E-state index contributed by atoms with van der Waals surface area (Å²) in [7, 11) is 0.403. The average molecular weight is 467 g/mol. The van der Waals surface area contributed by atoms with Crippen LogP contribution in [0.1, 0.15) is 106 Å². The number of benzene rings is 1. The Balaban J connectivity index is 3.45. The molecule has 0 aliphatic rings. The first-order valence-corrected chi connectivity index (χ1v) is 13.7. The van der Waals surface area contributed by atoms with Crippen LogP contribution in [0.3, 0.4) is 0 Å². The highest BCUT2D eigenvalue weighted by molar-refractivity contribution is 7.80. The molecule has 0 bridgehead atoms. The van der Waals surface area contributed by atoms with Crippen molar-refractivity contribution in [2.24, 2.45) is 0 Å². The predicted octanol–water partition coefficient (Wildman–Crippen LogP) is 7.76. The predicted molar refractivity (Wildman–Crippen MR) is 139 cm³/mol. The van der Waals surface area contributed by atoms with Gasteiger partial charge in [0.05, 0.1) is 13.2 Å². The monoisotopic (exact) mass is 466 g/mol. The summed E-state index contributed by atoms with van der Waals surface area (Å²) in [6.45, 7) is 21.3. The van der Waals surface area contributed by atoms with E-state index in [2.05, 4.69) is 68.4 Å². The Morgan fingerprint density at radius 3 is 1.87 bits per heavy atom. The molecule has 0 heterocycles. The van der Waals surface area contributed by atoms with E-state index in [-0.39, 0.29) is 10.8 Å². The van der Waals surface area contributed by atoms with Crippen molar-refractivity contribution >= 4 is 22.4 Å². The van der Waals surface area contributed by atoms with Gasteiger partial charge in [-0.25, -0.2) is 0 Å². The summed E-state index contributed by atoms with van der Waals surface area (Å²) in [4.78, 5) is 0. The van der Waals surface area contributed by atoms with Gasteiger partial charge in [-0.3, -0.25) is 0 Å². The molecule has 0 N–H and O–H groups in total. The van der Waals surface area contributed by atoms with Gasteiger partial charge in [0.15, 0.2) is 0 Å². The minimum Gasteiger partial charge on any atom is -0.540 e. The maximum atomic E-state index is 6.44. The smallest absolute Gasteiger partial charge is 0.310 e. The normalized spacial score (nSPS) is 13.2. The molecule has 1 aromatic carbocycles. The lowest BCUT2D eigenvalue weighted by molar-refractivity contribution is 0.278. The molecule has 1 aromatic rings. The molecule has 0 fully saturated rings. The number of ether oxygens (including phenoxy) is 2. The Labute approximate surface area is 200 Å². The molecule has 2 radical (unpaired) electrons. The lowest BCUT2D eigenvalue weighted by atomic mass is 9.78. The first-order chi connectivity index (χ1) is 14.5. The molecular formula is C26H46O3SSi. The van der Waals surface area contributed by atoms with E-state index in [1.807, 2.05) is 0 Å². The molecule has 0 aromatic heterocycles. The molecule has 3 nitrogen and oxygen atoms in total. The van der Waals surface area contributed by atoms with Gasteiger partial charge in [-0.1, -0.05) is 68.7 Å². The van der Waals surface area contributed by atoms with Gasteiger partial charge in [-0.05, 0) is 42.6 Å². The molecule has 0 saturated heterocycles. The highest BCUT2D eigenvalue weighted by Gasteiger charge is 2.34. The number of rotatable bonds is 13. The van der Waals surface area contributed by atoms with E-state index in [4.69, 9.17) is 26.5 Å². The largest absolute Gasteiger partial charge is 0.540 e. The van der Waals surface area contributed by atoms with E-state index < -0.39 is 0 Å². The molecule has 0 aliphatic carbocycles. The van der Waals surface area contributed by atoms with E-state index in [9.17, 15) is 0 Å². The van der Waals surface area contributed by atoms with Crippen molar-refractivity contribution in [1.29, 1.82) is 0 Å². The van der Waals surface area contributed by atoms with E-state index in [0.717, 1.165) is 60.1 Å². The van der Waals surface area contributed by atoms with Crippen LogP contribution in [0.4, 0.5) is 0 Å². The zero-order chi connectivity index (χ0) is 23.7. The van der Waals surface area contributed by atoms with E-state index >= 15 is 0 Å². The van der Waals surface area contributed by atoms with Gasteiger partial charge >= 0.3 is 9.76 Å². The van der Waals surface area contributed by atoms with Crippen LogP contribution in [0, 0.1) is 0 Å². The van der Waals surface area contributed by atoms with Crippen LogP contribution in [0.2, 0.25) is 6.04 Å². The first kappa shape index (κ1) is 28.2. The molecular weight excluding hydrogens is 420 g/mol. The third-order valence-electron chi connectivity index (χ3n) is 5.00. The van der Waals surface area contributed by atoms with Gasteiger partial charge in [0, 0.05) is 22.4 Å². The van der Waals surface area contributed by atoms with Gasteiger partial charge in [0.2, 0.25) is 0 Å². The Hall–Kier alpha value is -0.813. The molecule has 0 saturated carbocycles. The SMILES string of the molecule is CCCOc1cc(O[Si]CCC(S)CCC)c(C(C)(C)C)c(OCCC)c1C(C)(C)C. The highest BCUT2D eigenvalue weighted by atomic mass is 32.1. The standard InChI is InChI=1S/C26H46O3SSi/c1-10-13-19(30)14-17-31-29-21-18-20(27-15-11-2)22(25(4,5)6)24(28-16-12-3)23(21)26(7,8)9/h18-19,30H,10-17H2,1-9H3. The second-order valence-electron chi connectivity index (χ2n) is 10.4. The topological polar surface area (TPSA) is 27.7 Å². The van der Waals surface area contributed by atoms with Gasteiger partial charge < -0.3 is 13.9 Å². The van der Waals surface area contributed by atoms with E-state index in [1.54, 1.807) is 0 Å². The lowest BCUT2D eigenvalue weighted by Gasteiger charge is -2.33. The molecule has 0 amide bonds. The Bertz CT molecular complexity index is 662. The fourth-order valence-corrected chi connectivity index (χ4v) is 5.13. The summed E-state index contributed by atoms with van der Waals surface area (Å²) >= 11 is 4.70. The van der Waals surface area contributed by atoms with Crippen molar-refractivity contribution in [3.63, 3.8) is 0 Å². The van der Waals surface area contributed by atoms with Crippen molar-refractivity contribution in [2.75, 3.05) is 13.2 Å². The van der Waals surface area contributed by atoms with Crippen LogP contribution < -0.4 is 13.9 Å². The molecule has 31 heavy (non-hydrogen) atoms. The van der Waals surface area contributed by atoms with Crippen LogP contribution in [0.25, 0.3) is 0 Å². The van der Waals surface area contributed by atoms with E-state index in [1.165, 1.54) is 6.42 Å². The van der Waals surface area contributed by atoms with Crippen molar-refractivity contribution in [3.05, 3.63) is 17.2 Å². The molecule has 5 heteroatoms. The minimum absolute atomic E-state index is 0.105. The first-order valence-electron chi connectivity index (χ1n) is 12.0. The Morgan fingerprint density at radius 2 is 1.35 bits per heavy atom. The van der Waals surface area contributed by atoms with Crippen molar-refractivity contribution in [2.45, 2.75) is 117 Å². The molecule has 1 rings (SSSR count). The van der Waals surface area contributed by atoms with Crippen molar-refractivity contribution < 1.29 is 13.9 Å². The van der Waals surface area contributed by atoms with Gasteiger partial charge in [0.1, 0.15) is 17.2 Å². The summed E-state index contributed by atoms with van der Waals surface area (Å²) in [6, 6.07) is 3.14. The molecule has 1 atom stereocenters. The Kier molecular flexibility index (Phi) is 11.9. The maximum absolute atomic E-state index is 6.44. The number of thiol groups is 1. The molecule has 1 unspecified atom stereocenters. The molecule has 0 aliphatic heterocycles. The van der Waals surface area contributed by atoms with Gasteiger partial charge in [-0.15, -0.1) is 0 Å². The number of hydrogen-bond acceptors (Lipinski definition) is 4. The van der Waals surface area contributed by atoms with Crippen LogP contribution in [-0.4, -0.2) is 28.2 Å². The van der Waals surface area contributed by atoms with Crippen LogP contribution in [0.5, 0.6) is 17.2 Å². The Morgan fingerprint density at radius 1 is 0.806 bits per heavy atom. The second-order valence-corrected chi connectivity index (χ2v) is 12.1. The second kappa shape index (κ2) is 13.0. The molecule has 178 valence electrons. The summed E-state index contributed by atoms with van der Waals surface area (Å²) < 4.78 is 19.1. The number of hydrogen-bond donors (Lipinski definition) is 1. The van der Waals surface area contributed by atoms with Crippen molar-refractivity contribution in [3.8, 4) is 17.2 Å². The average Bonchev–Trinajstić information content (AvgIpc) is 2.65. The summed E-state index contributed by atoms with van der Waals surface area (Å²) in [5.74, 6) is 2.75. The van der Waals surface area contributed by atoms with Crippen LogP contribution in [-0.2, 0) is 10.8 Å². The van der Waals surface area contributed by atoms with Crippen LogP contribution >= 0.6 is 12.6 Å².